The summed E-state index contributed by atoms with van der Waals surface area (Å²) in [5.41, 5.74) is 1.85. The van der Waals surface area contributed by atoms with Crippen LogP contribution in [0.4, 0.5) is 0 Å². The summed E-state index contributed by atoms with van der Waals surface area (Å²) in [6.45, 7) is 5.27. The number of ketones is 2. The zero-order valence-electron chi connectivity index (χ0n) is 23.2. The predicted molar refractivity (Wildman–Crippen MR) is 142 cm³/mol. The van der Waals surface area contributed by atoms with Crippen molar-refractivity contribution in [3.05, 3.63) is 51.0 Å². The number of carboxylic acids is 1. The summed E-state index contributed by atoms with van der Waals surface area (Å²) in [6, 6.07) is -1.13. The summed E-state index contributed by atoms with van der Waals surface area (Å²) < 4.78 is 0. The number of aliphatic hydroxyl groups is 3. The second-order valence-electron chi connectivity index (χ2n) is 12.0. The fraction of sp³-hybridized carbons (Fsp3) is 0.500. The molecule has 3 aliphatic carbocycles. The van der Waals surface area contributed by atoms with Crippen molar-refractivity contribution in [2.24, 2.45) is 17.6 Å². The number of Topliss-reactive ketones (excluding diaryl/α,β-unsaturated/α-hetero) is 2. The van der Waals surface area contributed by atoms with Gasteiger partial charge in [0.25, 0.3) is 5.91 Å². The standard InChI is InChI=1S/C28H35N3O9/c1-27(2,3)14-9-12(18(29)26(38)39)11-7-10-8-13-19(31(5)6)22(34)17(25(37)30-4)24(36)28(13,40)23(35)15(10)21(33)16(11)20(14)32/h9-10,13,18-19,32,34-35,40H,7-8,29H2,1-6H3,(H,30,37)(H,38,39)/t10-,13-,18?,19-,28-/m0/s1. The number of nitrogens with zero attached hydrogens (tertiary/aromatic N) is 1. The number of fused-ring (bicyclic) bond motifs is 3. The number of phenols is 1. The summed E-state index contributed by atoms with van der Waals surface area (Å²) in [6.07, 6.45) is -0.132. The summed E-state index contributed by atoms with van der Waals surface area (Å²) in [7, 11) is 4.36. The molecule has 0 bridgehead atoms. The molecule has 216 valence electrons. The minimum atomic E-state index is -2.72. The lowest BCUT2D eigenvalue weighted by Crippen LogP contribution is -2.64. The largest absolute Gasteiger partial charge is 0.510 e. The van der Waals surface area contributed by atoms with Crippen LogP contribution in [-0.4, -0.2) is 86.7 Å². The van der Waals surface area contributed by atoms with Gasteiger partial charge in [-0.05, 0) is 55.5 Å². The van der Waals surface area contributed by atoms with Gasteiger partial charge in [-0.2, -0.15) is 0 Å². The van der Waals surface area contributed by atoms with Crippen LogP contribution >= 0.6 is 0 Å². The number of nitrogens with one attached hydrogen (secondary N) is 1. The number of aliphatic carboxylic acids is 1. The first-order valence-corrected chi connectivity index (χ1v) is 12.9. The van der Waals surface area contributed by atoms with Crippen molar-refractivity contribution in [2.45, 2.75) is 56.7 Å². The lowest BCUT2D eigenvalue weighted by molar-refractivity contribution is -0.148. The van der Waals surface area contributed by atoms with E-state index >= 15 is 0 Å². The average Bonchev–Trinajstić information content (AvgIpc) is 2.84. The summed E-state index contributed by atoms with van der Waals surface area (Å²) >= 11 is 0. The number of carboxylic acid groups (broad SMARTS) is 1. The van der Waals surface area contributed by atoms with Crippen LogP contribution < -0.4 is 11.1 Å². The van der Waals surface area contributed by atoms with E-state index in [0.29, 0.717) is 0 Å². The van der Waals surface area contributed by atoms with E-state index in [0.717, 1.165) is 0 Å². The van der Waals surface area contributed by atoms with E-state index in [1.54, 1.807) is 34.9 Å². The van der Waals surface area contributed by atoms with Crippen LogP contribution in [0.1, 0.15) is 60.3 Å². The molecule has 1 unspecified atom stereocenters. The molecule has 0 aromatic heterocycles. The first kappa shape index (κ1) is 29.2. The highest BCUT2D eigenvalue weighted by molar-refractivity contribution is 6.25. The van der Waals surface area contributed by atoms with E-state index in [4.69, 9.17) is 5.73 Å². The van der Waals surface area contributed by atoms with Gasteiger partial charge in [-0.25, -0.2) is 0 Å². The van der Waals surface area contributed by atoms with Crippen molar-refractivity contribution >= 4 is 23.4 Å². The van der Waals surface area contributed by atoms with E-state index in [2.05, 4.69) is 5.32 Å². The number of hydrogen-bond donors (Lipinski definition) is 7. The van der Waals surface area contributed by atoms with Gasteiger partial charge in [0.2, 0.25) is 5.78 Å². The molecule has 12 nitrogen and oxygen atoms in total. The third-order valence-corrected chi connectivity index (χ3v) is 8.37. The van der Waals surface area contributed by atoms with Crippen molar-refractivity contribution in [1.29, 1.82) is 0 Å². The normalized spacial score (nSPS) is 27.3. The number of allylic oxidation sites excluding steroid dienone is 1. The number of rotatable bonds is 4. The molecule has 40 heavy (non-hydrogen) atoms. The molecule has 0 heterocycles. The van der Waals surface area contributed by atoms with Crippen molar-refractivity contribution in [2.75, 3.05) is 21.1 Å². The Balaban J connectivity index is 2.03. The fourth-order valence-electron chi connectivity index (χ4n) is 6.44. The van der Waals surface area contributed by atoms with E-state index < -0.39 is 81.2 Å². The van der Waals surface area contributed by atoms with Crippen LogP contribution in [-0.2, 0) is 26.2 Å². The smallest absolute Gasteiger partial charge is 0.325 e. The number of nitrogens with two attached hydrogens (primary N) is 1. The Morgan fingerprint density at radius 3 is 2.27 bits per heavy atom. The van der Waals surface area contributed by atoms with E-state index in [9.17, 15) is 44.7 Å². The van der Waals surface area contributed by atoms with Crippen LogP contribution in [0.15, 0.2) is 28.7 Å². The second-order valence-corrected chi connectivity index (χ2v) is 12.0. The number of aromatic hydroxyl groups is 1. The molecule has 1 amide bonds. The van der Waals surface area contributed by atoms with Gasteiger partial charge in [0.15, 0.2) is 11.4 Å². The molecule has 0 saturated heterocycles. The van der Waals surface area contributed by atoms with Gasteiger partial charge in [0.05, 0.1) is 11.6 Å². The molecular formula is C28H35N3O9. The molecule has 5 atom stereocenters. The maximum atomic E-state index is 14.0. The molecule has 0 spiro atoms. The van der Waals surface area contributed by atoms with Crippen LogP contribution in [0.3, 0.4) is 0 Å². The van der Waals surface area contributed by atoms with Gasteiger partial charge in [0.1, 0.15) is 28.9 Å². The molecule has 4 rings (SSSR count). The Bertz CT molecular complexity index is 1420. The minimum absolute atomic E-state index is 0.0392. The lowest BCUT2D eigenvalue weighted by atomic mass is 9.58. The van der Waals surface area contributed by atoms with Crippen LogP contribution in [0, 0.1) is 11.8 Å². The SMILES string of the molecule is CNC(=O)C1=C(O)[C@@H](N(C)C)[C@@H]2C[C@@H]3Cc4c(C(N)C(=O)O)cc(C(C)(C)C)c(O)c4C(=O)C3=C(O)[C@]2(O)C1=O. The monoisotopic (exact) mass is 557 g/mol. The van der Waals surface area contributed by atoms with Gasteiger partial charge in [-0.3, -0.25) is 24.1 Å². The molecule has 3 aliphatic rings. The van der Waals surface area contributed by atoms with Gasteiger partial charge in [-0.15, -0.1) is 0 Å². The highest BCUT2D eigenvalue weighted by atomic mass is 16.4. The summed E-state index contributed by atoms with van der Waals surface area (Å²) in [5, 5.41) is 57.6. The molecule has 8 N–H and O–H groups in total. The molecule has 0 radical (unpaired) electrons. The zero-order valence-corrected chi connectivity index (χ0v) is 23.2. The Morgan fingerprint density at radius 1 is 1.18 bits per heavy atom. The molecule has 0 fully saturated rings. The van der Waals surface area contributed by atoms with Crippen LogP contribution in [0.2, 0.25) is 0 Å². The Labute approximate surface area is 230 Å². The number of likely N-dealkylation sites (N-methyl/N-ethyl adjacent to an activating group) is 2. The maximum Gasteiger partial charge on any atom is 0.325 e. The highest BCUT2D eigenvalue weighted by Gasteiger charge is 2.63. The first-order valence-electron chi connectivity index (χ1n) is 12.9. The molecule has 0 aliphatic heterocycles. The minimum Gasteiger partial charge on any atom is -0.510 e. The number of benzene rings is 1. The number of phenolic OH excluding ortho intramolecular Hbond substituents is 1. The summed E-state index contributed by atoms with van der Waals surface area (Å²) in [4.78, 5) is 53.6. The molecular weight excluding hydrogens is 522 g/mol. The zero-order chi connectivity index (χ0) is 30.2. The fourth-order valence-corrected chi connectivity index (χ4v) is 6.44. The second kappa shape index (κ2) is 9.43. The quantitative estimate of drug-likeness (QED) is 0.257. The lowest BCUT2D eigenvalue weighted by Gasteiger charge is -2.50. The third-order valence-electron chi connectivity index (χ3n) is 8.37. The molecule has 1 aromatic rings. The Morgan fingerprint density at radius 2 is 1.77 bits per heavy atom. The van der Waals surface area contributed by atoms with Crippen LogP contribution in [0.25, 0.3) is 0 Å². The van der Waals surface area contributed by atoms with Gasteiger partial charge in [-0.1, -0.05) is 20.8 Å². The van der Waals surface area contributed by atoms with Crippen molar-refractivity contribution < 1.29 is 44.7 Å². The van der Waals surface area contributed by atoms with E-state index in [-0.39, 0.29) is 40.7 Å². The molecule has 1 aromatic carbocycles. The van der Waals surface area contributed by atoms with Crippen molar-refractivity contribution in [1.82, 2.24) is 10.2 Å². The van der Waals surface area contributed by atoms with Crippen molar-refractivity contribution in [3.63, 3.8) is 0 Å². The molecule has 0 saturated carbocycles. The first-order chi connectivity index (χ1) is 18.4. The van der Waals surface area contributed by atoms with E-state index in [1.807, 2.05) is 0 Å². The van der Waals surface area contributed by atoms with Gasteiger partial charge < -0.3 is 36.6 Å². The van der Waals surface area contributed by atoms with Crippen molar-refractivity contribution in [3.8, 4) is 5.75 Å². The number of aliphatic hydroxyl groups excluding tert-OH is 2. The summed E-state index contributed by atoms with van der Waals surface area (Å²) in [5.74, 6) is -8.40. The van der Waals surface area contributed by atoms with Gasteiger partial charge in [0, 0.05) is 24.1 Å². The number of carbonyl (C=O) groups excluding carboxylic acids is 3. The van der Waals surface area contributed by atoms with Gasteiger partial charge >= 0.3 is 5.97 Å². The van der Waals surface area contributed by atoms with E-state index in [1.165, 1.54) is 18.0 Å². The van der Waals surface area contributed by atoms with Crippen LogP contribution in [0.5, 0.6) is 5.75 Å². The number of hydrogen-bond acceptors (Lipinski definition) is 10. The Hall–Kier alpha value is -3.74. The maximum absolute atomic E-state index is 14.0. The third kappa shape index (κ3) is 3.93. The predicted octanol–water partition coefficient (Wildman–Crippen LogP) is 0.763. The molecule has 12 heteroatoms. The topological polar surface area (TPSA) is 211 Å². The highest BCUT2D eigenvalue weighted by Crippen LogP contribution is 2.53. The Kier molecular flexibility index (Phi) is 6.89. The number of carbonyl (C=O) groups is 4. The average molecular weight is 558 g/mol. The number of amides is 1.